The minimum atomic E-state index is -0.325. The summed E-state index contributed by atoms with van der Waals surface area (Å²) in [6.07, 6.45) is 5.20. The first-order valence-corrected chi connectivity index (χ1v) is 4.31. The standard InChI is InChI=1S/C12H10O2/c1-2-11(13)8-9-12(14)10-6-4-3-5-7-10/h1,3-7H,8-9H2. The maximum Gasteiger partial charge on any atom is 0.205 e. The van der Waals surface area contributed by atoms with E-state index in [9.17, 15) is 9.59 Å². The lowest BCUT2D eigenvalue weighted by molar-refractivity contribution is -0.113. The molecule has 0 N–H and O–H groups in total. The molecule has 70 valence electrons. The molecule has 0 bridgehead atoms. The first-order chi connectivity index (χ1) is 6.74. The number of hydrogen-bond donors (Lipinski definition) is 0. The van der Waals surface area contributed by atoms with Gasteiger partial charge in [-0.15, -0.1) is 6.42 Å². The third kappa shape index (κ3) is 2.87. The Morgan fingerprint density at radius 1 is 1.14 bits per heavy atom. The molecule has 1 aromatic rings. The lowest BCUT2D eigenvalue weighted by Crippen LogP contribution is -2.02. The highest BCUT2D eigenvalue weighted by Crippen LogP contribution is 2.04. The lowest BCUT2D eigenvalue weighted by atomic mass is 10.1. The molecule has 14 heavy (non-hydrogen) atoms. The maximum absolute atomic E-state index is 11.4. The van der Waals surface area contributed by atoms with Crippen LogP contribution >= 0.6 is 0 Å². The van der Waals surface area contributed by atoms with Gasteiger partial charge < -0.3 is 0 Å². The normalized spacial score (nSPS) is 9.07. The van der Waals surface area contributed by atoms with Gasteiger partial charge in [0.2, 0.25) is 5.78 Å². The Balaban J connectivity index is 2.53. The van der Waals surface area contributed by atoms with Crippen LogP contribution in [-0.4, -0.2) is 11.6 Å². The van der Waals surface area contributed by atoms with Crippen molar-refractivity contribution in [1.82, 2.24) is 0 Å². The molecule has 0 fully saturated rings. The first-order valence-electron chi connectivity index (χ1n) is 4.31. The average molecular weight is 186 g/mol. The number of terminal acetylenes is 1. The molecule has 1 aromatic carbocycles. The number of carbonyl (C=O) groups excluding carboxylic acids is 2. The van der Waals surface area contributed by atoms with Crippen molar-refractivity contribution in [3.63, 3.8) is 0 Å². The van der Waals surface area contributed by atoms with Crippen LogP contribution in [0.2, 0.25) is 0 Å². The summed E-state index contributed by atoms with van der Waals surface area (Å²) in [5.41, 5.74) is 0.623. The molecule has 0 aliphatic heterocycles. The number of benzene rings is 1. The summed E-state index contributed by atoms with van der Waals surface area (Å²) in [4.78, 5) is 22.2. The fourth-order valence-corrected chi connectivity index (χ4v) is 1.07. The minimum Gasteiger partial charge on any atom is -0.294 e. The van der Waals surface area contributed by atoms with Gasteiger partial charge in [-0.25, -0.2) is 0 Å². The molecular formula is C12H10O2. The Hall–Kier alpha value is -1.88. The molecule has 0 aliphatic rings. The zero-order chi connectivity index (χ0) is 10.4. The van der Waals surface area contributed by atoms with Crippen LogP contribution in [0.15, 0.2) is 30.3 Å². The van der Waals surface area contributed by atoms with Gasteiger partial charge in [0.15, 0.2) is 5.78 Å². The largest absolute Gasteiger partial charge is 0.294 e. The molecule has 0 spiro atoms. The predicted molar refractivity (Wildman–Crippen MR) is 53.8 cm³/mol. The van der Waals surface area contributed by atoms with Crippen LogP contribution in [-0.2, 0) is 4.79 Å². The molecule has 0 unspecified atom stereocenters. The summed E-state index contributed by atoms with van der Waals surface area (Å²) < 4.78 is 0. The van der Waals surface area contributed by atoms with Gasteiger partial charge in [0.25, 0.3) is 0 Å². The van der Waals surface area contributed by atoms with E-state index in [0.717, 1.165) is 0 Å². The molecule has 0 amide bonds. The topological polar surface area (TPSA) is 34.1 Å². The highest BCUT2D eigenvalue weighted by molar-refractivity contribution is 6.01. The molecule has 0 saturated carbocycles. The Morgan fingerprint density at radius 2 is 1.79 bits per heavy atom. The van der Waals surface area contributed by atoms with Gasteiger partial charge in [-0.3, -0.25) is 9.59 Å². The van der Waals surface area contributed by atoms with Crippen molar-refractivity contribution < 1.29 is 9.59 Å². The van der Waals surface area contributed by atoms with E-state index in [-0.39, 0.29) is 24.4 Å². The van der Waals surface area contributed by atoms with Crippen LogP contribution in [0.5, 0.6) is 0 Å². The van der Waals surface area contributed by atoms with Gasteiger partial charge in [-0.2, -0.15) is 0 Å². The minimum absolute atomic E-state index is 0.0470. The van der Waals surface area contributed by atoms with Crippen LogP contribution in [0.4, 0.5) is 0 Å². The summed E-state index contributed by atoms with van der Waals surface area (Å²) in [5.74, 6) is 1.61. The van der Waals surface area contributed by atoms with Gasteiger partial charge >= 0.3 is 0 Å². The number of Topliss-reactive ketones (excluding diaryl/α,β-unsaturated/α-hetero) is 2. The smallest absolute Gasteiger partial charge is 0.205 e. The number of carbonyl (C=O) groups is 2. The number of ketones is 2. The van der Waals surface area contributed by atoms with Crippen LogP contribution < -0.4 is 0 Å². The maximum atomic E-state index is 11.4. The molecule has 0 aromatic heterocycles. The van der Waals surface area contributed by atoms with Gasteiger partial charge in [0.1, 0.15) is 0 Å². The molecule has 0 saturated heterocycles. The summed E-state index contributed by atoms with van der Waals surface area (Å²) in [6.45, 7) is 0. The first kappa shape index (κ1) is 10.2. The van der Waals surface area contributed by atoms with Gasteiger partial charge in [0, 0.05) is 18.4 Å². The van der Waals surface area contributed by atoms with Crippen molar-refractivity contribution in [1.29, 1.82) is 0 Å². The van der Waals surface area contributed by atoms with E-state index < -0.39 is 0 Å². The molecular weight excluding hydrogens is 176 g/mol. The Kier molecular flexibility index (Phi) is 3.63. The van der Waals surface area contributed by atoms with E-state index in [4.69, 9.17) is 6.42 Å². The summed E-state index contributed by atoms with van der Waals surface area (Å²) >= 11 is 0. The van der Waals surface area contributed by atoms with Crippen LogP contribution in [0.25, 0.3) is 0 Å². The van der Waals surface area contributed by atoms with Crippen molar-refractivity contribution in [2.24, 2.45) is 0 Å². The van der Waals surface area contributed by atoms with Crippen LogP contribution in [0, 0.1) is 12.3 Å². The van der Waals surface area contributed by atoms with Crippen LogP contribution in [0.1, 0.15) is 23.2 Å². The molecule has 0 heterocycles. The zero-order valence-electron chi connectivity index (χ0n) is 7.69. The van der Waals surface area contributed by atoms with Crippen molar-refractivity contribution in [2.75, 3.05) is 0 Å². The summed E-state index contributed by atoms with van der Waals surface area (Å²) in [6, 6.07) is 8.86. The Morgan fingerprint density at radius 3 is 2.36 bits per heavy atom. The van der Waals surface area contributed by atoms with E-state index in [1.807, 2.05) is 12.0 Å². The highest BCUT2D eigenvalue weighted by atomic mass is 16.1. The molecule has 2 nitrogen and oxygen atoms in total. The third-order valence-corrected chi connectivity index (χ3v) is 1.84. The van der Waals surface area contributed by atoms with Gasteiger partial charge in [-0.1, -0.05) is 30.3 Å². The Labute approximate surface area is 82.9 Å². The van der Waals surface area contributed by atoms with Crippen molar-refractivity contribution in [2.45, 2.75) is 12.8 Å². The van der Waals surface area contributed by atoms with Gasteiger partial charge in [0.05, 0.1) is 0 Å². The van der Waals surface area contributed by atoms with E-state index in [1.165, 1.54) is 0 Å². The van der Waals surface area contributed by atoms with E-state index >= 15 is 0 Å². The molecule has 0 radical (unpaired) electrons. The molecule has 0 atom stereocenters. The van der Waals surface area contributed by atoms with Crippen molar-refractivity contribution >= 4 is 11.6 Å². The monoisotopic (exact) mass is 186 g/mol. The lowest BCUT2D eigenvalue weighted by Gasteiger charge is -1.97. The van der Waals surface area contributed by atoms with Crippen LogP contribution in [0.3, 0.4) is 0 Å². The fraction of sp³-hybridized carbons (Fsp3) is 0.167. The summed E-state index contributed by atoms with van der Waals surface area (Å²) in [7, 11) is 0. The van der Waals surface area contributed by atoms with E-state index in [2.05, 4.69) is 0 Å². The zero-order valence-corrected chi connectivity index (χ0v) is 7.69. The third-order valence-electron chi connectivity index (χ3n) is 1.84. The SMILES string of the molecule is C#CC(=O)CCC(=O)c1ccccc1. The van der Waals surface area contributed by atoms with E-state index in [1.54, 1.807) is 24.3 Å². The average Bonchev–Trinajstić information content (AvgIpc) is 2.26. The summed E-state index contributed by atoms with van der Waals surface area (Å²) in [5, 5.41) is 0. The van der Waals surface area contributed by atoms with Gasteiger partial charge in [-0.05, 0) is 5.92 Å². The fourth-order valence-electron chi connectivity index (χ4n) is 1.07. The second-order valence-electron chi connectivity index (χ2n) is 2.86. The molecule has 2 heteroatoms. The number of rotatable bonds is 4. The van der Waals surface area contributed by atoms with E-state index in [0.29, 0.717) is 5.56 Å². The van der Waals surface area contributed by atoms with Crippen molar-refractivity contribution in [3.05, 3.63) is 35.9 Å². The Bertz CT molecular complexity index is 371. The molecule has 1 rings (SSSR count). The quantitative estimate of drug-likeness (QED) is 0.408. The predicted octanol–water partition coefficient (Wildman–Crippen LogP) is 1.85. The number of hydrogen-bond acceptors (Lipinski definition) is 2. The highest BCUT2D eigenvalue weighted by Gasteiger charge is 2.06. The second-order valence-corrected chi connectivity index (χ2v) is 2.86. The van der Waals surface area contributed by atoms with Crippen molar-refractivity contribution in [3.8, 4) is 12.3 Å². The second kappa shape index (κ2) is 4.98. The molecule has 0 aliphatic carbocycles.